The van der Waals surface area contributed by atoms with Crippen LogP contribution in [-0.2, 0) is 0 Å². The molecule has 0 unspecified atom stereocenters. The van der Waals surface area contributed by atoms with Gasteiger partial charge in [0, 0.05) is 0 Å². The molecule has 3 rings (SSSR count). The molecule has 2 N–H and O–H groups in total. The van der Waals surface area contributed by atoms with Gasteiger partial charge in [0.05, 0.1) is 17.1 Å². The Morgan fingerprint density at radius 1 is 1.25 bits per heavy atom. The first-order valence-corrected chi connectivity index (χ1v) is 5.68. The van der Waals surface area contributed by atoms with Crippen LogP contribution in [0.15, 0.2) is 18.3 Å². The van der Waals surface area contributed by atoms with Crippen LogP contribution in [-0.4, -0.2) is 23.3 Å². The summed E-state index contributed by atoms with van der Waals surface area (Å²) in [6.45, 7) is 1.96. The molecule has 0 spiro atoms. The zero-order valence-corrected chi connectivity index (χ0v) is 8.96. The van der Waals surface area contributed by atoms with Gasteiger partial charge in [-0.15, -0.1) is 0 Å². The van der Waals surface area contributed by atoms with Crippen molar-refractivity contribution in [2.75, 3.05) is 13.1 Å². The predicted molar refractivity (Wildman–Crippen MR) is 60.9 cm³/mol. The predicted octanol–water partition coefficient (Wildman–Crippen LogP) is 2.17. The van der Waals surface area contributed by atoms with E-state index in [1.54, 1.807) is 6.20 Å². The number of hydrogen-bond acceptors (Lipinski definition) is 2. The molecule has 1 aliphatic rings. The Labute approximate surface area is 93.0 Å². The van der Waals surface area contributed by atoms with Crippen LogP contribution < -0.4 is 5.32 Å². The third-order valence-electron chi connectivity index (χ3n) is 3.37. The van der Waals surface area contributed by atoms with Crippen LogP contribution in [0.25, 0.3) is 10.9 Å². The Morgan fingerprint density at radius 2 is 2.06 bits per heavy atom. The summed E-state index contributed by atoms with van der Waals surface area (Å²) in [6.07, 6.45) is 3.59. The molecule has 0 bridgehead atoms. The van der Waals surface area contributed by atoms with Crippen molar-refractivity contribution in [1.82, 2.24) is 15.5 Å². The van der Waals surface area contributed by atoms with E-state index in [1.807, 2.05) is 12.1 Å². The molecular weight excluding hydrogens is 205 g/mol. The summed E-state index contributed by atoms with van der Waals surface area (Å²) in [5.74, 6) is 0.249. The van der Waals surface area contributed by atoms with E-state index in [9.17, 15) is 4.39 Å². The van der Waals surface area contributed by atoms with Crippen molar-refractivity contribution in [3.05, 3.63) is 29.7 Å². The highest BCUT2D eigenvalue weighted by Crippen LogP contribution is 2.30. The Morgan fingerprint density at radius 3 is 2.88 bits per heavy atom. The number of piperidine rings is 1. The van der Waals surface area contributed by atoms with Crippen molar-refractivity contribution in [3.8, 4) is 0 Å². The molecule has 0 saturated carbocycles. The minimum Gasteiger partial charge on any atom is -0.317 e. The van der Waals surface area contributed by atoms with Crippen molar-refractivity contribution in [3.63, 3.8) is 0 Å². The Balaban J connectivity index is 2.05. The molecule has 3 nitrogen and oxygen atoms in total. The number of H-pyrrole nitrogens is 1. The van der Waals surface area contributed by atoms with Crippen LogP contribution in [0.2, 0.25) is 0 Å². The van der Waals surface area contributed by atoms with Gasteiger partial charge >= 0.3 is 0 Å². The van der Waals surface area contributed by atoms with Gasteiger partial charge < -0.3 is 5.32 Å². The van der Waals surface area contributed by atoms with Gasteiger partial charge in [-0.2, -0.15) is 5.10 Å². The number of benzene rings is 1. The Hall–Kier alpha value is -1.42. The third kappa shape index (κ3) is 1.50. The highest BCUT2D eigenvalue weighted by molar-refractivity contribution is 5.79. The number of fused-ring (bicyclic) bond motifs is 1. The molecule has 16 heavy (non-hydrogen) atoms. The molecule has 0 radical (unpaired) electrons. The summed E-state index contributed by atoms with van der Waals surface area (Å²) in [5, 5.41) is 10.6. The molecule has 84 valence electrons. The van der Waals surface area contributed by atoms with Gasteiger partial charge in [-0.3, -0.25) is 5.10 Å². The zero-order chi connectivity index (χ0) is 11.0. The maximum atomic E-state index is 14.2. The van der Waals surface area contributed by atoms with Crippen molar-refractivity contribution < 1.29 is 4.39 Å². The number of nitrogens with zero attached hydrogens (tertiary/aromatic N) is 1. The summed E-state index contributed by atoms with van der Waals surface area (Å²) in [4.78, 5) is 0. The standard InChI is InChI=1S/C12H14FN3/c13-12-9(8-3-5-14-6-4-8)1-2-11-10(12)7-15-16-11/h1-2,7-8,14H,3-6H2,(H,15,16). The molecule has 1 aromatic heterocycles. The molecule has 1 aromatic carbocycles. The summed E-state index contributed by atoms with van der Waals surface area (Å²) in [7, 11) is 0. The molecular formula is C12H14FN3. The minimum absolute atomic E-state index is 0.0989. The van der Waals surface area contributed by atoms with E-state index < -0.39 is 0 Å². The van der Waals surface area contributed by atoms with Gasteiger partial charge in [-0.1, -0.05) is 6.07 Å². The van der Waals surface area contributed by atoms with Gasteiger partial charge in [0.2, 0.25) is 0 Å². The number of nitrogens with one attached hydrogen (secondary N) is 2. The van der Waals surface area contributed by atoms with E-state index in [-0.39, 0.29) is 5.82 Å². The Kier molecular flexibility index (Phi) is 2.36. The number of halogens is 1. The second-order valence-electron chi connectivity index (χ2n) is 4.32. The van der Waals surface area contributed by atoms with Crippen molar-refractivity contribution in [2.24, 2.45) is 0 Å². The van der Waals surface area contributed by atoms with Crippen molar-refractivity contribution in [1.29, 1.82) is 0 Å². The van der Waals surface area contributed by atoms with Gasteiger partial charge in [0.15, 0.2) is 0 Å². The topological polar surface area (TPSA) is 40.7 Å². The molecule has 1 aliphatic heterocycles. The first-order valence-electron chi connectivity index (χ1n) is 5.68. The van der Waals surface area contributed by atoms with Gasteiger partial charge in [0.1, 0.15) is 5.82 Å². The fraction of sp³-hybridized carbons (Fsp3) is 0.417. The smallest absolute Gasteiger partial charge is 0.137 e. The van der Waals surface area contributed by atoms with Crippen LogP contribution in [0, 0.1) is 5.82 Å². The molecule has 2 heterocycles. The fourth-order valence-corrected chi connectivity index (χ4v) is 2.45. The Bertz CT molecular complexity index is 500. The van der Waals surface area contributed by atoms with E-state index in [1.165, 1.54) is 0 Å². The first-order chi connectivity index (χ1) is 7.86. The number of aromatic amines is 1. The average molecular weight is 219 g/mol. The molecule has 0 aliphatic carbocycles. The third-order valence-corrected chi connectivity index (χ3v) is 3.37. The molecule has 4 heteroatoms. The van der Waals surface area contributed by atoms with E-state index in [0.717, 1.165) is 37.0 Å². The quantitative estimate of drug-likeness (QED) is 0.771. The largest absolute Gasteiger partial charge is 0.317 e. The van der Waals surface area contributed by atoms with E-state index in [2.05, 4.69) is 15.5 Å². The molecule has 0 atom stereocenters. The minimum atomic E-state index is -0.0989. The number of aromatic nitrogens is 2. The average Bonchev–Trinajstić information content (AvgIpc) is 2.80. The van der Waals surface area contributed by atoms with Crippen molar-refractivity contribution in [2.45, 2.75) is 18.8 Å². The van der Waals surface area contributed by atoms with Gasteiger partial charge in [0.25, 0.3) is 0 Å². The summed E-state index contributed by atoms with van der Waals surface area (Å²) in [5.41, 5.74) is 1.62. The van der Waals surface area contributed by atoms with Crippen molar-refractivity contribution >= 4 is 10.9 Å². The highest BCUT2D eigenvalue weighted by atomic mass is 19.1. The molecule has 1 saturated heterocycles. The lowest BCUT2D eigenvalue weighted by Gasteiger charge is -2.23. The van der Waals surface area contributed by atoms with Crippen LogP contribution in [0.3, 0.4) is 0 Å². The second-order valence-corrected chi connectivity index (χ2v) is 4.32. The molecule has 0 amide bonds. The summed E-state index contributed by atoms with van der Waals surface area (Å²) < 4.78 is 14.2. The lowest BCUT2D eigenvalue weighted by atomic mass is 9.89. The normalized spacial score (nSPS) is 18.1. The first kappa shape index (κ1) is 9.78. The molecule has 2 aromatic rings. The SMILES string of the molecule is Fc1c(C2CCNCC2)ccc2[nH]ncc12. The van der Waals surface area contributed by atoms with Gasteiger partial charge in [-0.05, 0) is 43.5 Å². The van der Waals surface area contributed by atoms with E-state index >= 15 is 0 Å². The number of rotatable bonds is 1. The van der Waals surface area contributed by atoms with Crippen LogP contribution in [0.5, 0.6) is 0 Å². The van der Waals surface area contributed by atoms with Crippen LogP contribution in [0.1, 0.15) is 24.3 Å². The van der Waals surface area contributed by atoms with E-state index in [0.29, 0.717) is 11.3 Å². The lowest BCUT2D eigenvalue weighted by molar-refractivity contribution is 0.447. The maximum absolute atomic E-state index is 14.2. The van der Waals surface area contributed by atoms with Crippen LogP contribution >= 0.6 is 0 Å². The monoisotopic (exact) mass is 219 g/mol. The lowest BCUT2D eigenvalue weighted by Crippen LogP contribution is -2.27. The maximum Gasteiger partial charge on any atom is 0.137 e. The number of hydrogen-bond donors (Lipinski definition) is 2. The van der Waals surface area contributed by atoms with E-state index in [4.69, 9.17) is 0 Å². The highest BCUT2D eigenvalue weighted by Gasteiger charge is 2.20. The van der Waals surface area contributed by atoms with Crippen LogP contribution in [0.4, 0.5) is 4.39 Å². The summed E-state index contributed by atoms with van der Waals surface area (Å²) >= 11 is 0. The zero-order valence-electron chi connectivity index (χ0n) is 8.96. The fourth-order valence-electron chi connectivity index (χ4n) is 2.45. The summed E-state index contributed by atoms with van der Waals surface area (Å²) in [6, 6.07) is 3.81. The molecule has 1 fully saturated rings. The second kappa shape index (κ2) is 3.87. The van der Waals surface area contributed by atoms with Gasteiger partial charge in [-0.25, -0.2) is 4.39 Å².